The fourth-order valence-electron chi connectivity index (χ4n) is 1.61. The fraction of sp³-hybridized carbons (Fsp3) is 0.818. The Morgan fingerprint density at radius 3 is 2.00 bits per heavy atom. The molecule has 0 aromatic heterocycles. The minimum absolute atomic E-state index is 0.286. The van der Waals surface area contributed by atoms with Crippen molar-refractivity contribution in [2.24, 2.45) is 0 Å². The largest absolute Gasteiger partial charge is 0.481 e. The van der Waals surface area contributed by atoms with E-state index in [2.05, 4.69) is 4.72 Å². The van der Waals surface area contributed by atoms with Crippen molar-refractivity contribution in [1.29, 1.82) is 0 Å². The van der Waals surface area contributed by atoms with Crippen LogP contribution in [0.4, 0.5) is 0 Å². The van der Waals surface area contributed by atoms with E-state index in [-0.39, 0.29) is 19.5 Å². The SMILES string of the molecule is CCCN(CCC)S(=O)(=O)N[C@@H](CCC(=O)O)C(=O)O. The molecule has 118 valence electrons. The first kappa shape index (κ1) is 18.8. The summed E-state index contributed by atoms with van der Waals surface area (Å²) in [5.74, 6) is -2.56. The maximum atomic E-state index is 12.1. The van der Waals surface area contributed by atoms with Crippen LogP contribution in [0.15, 0.2) is 0 Å². The molecule has 1 atom stereocenters. The molecule has 0 aliphatic carbocycles. The van der Waals surface area contributed by atoms with Crippen molar-refractivity contribution in [2.45, 2.75) is 45.6 Å². The Bertz CT molecular complexity index is 417. The zero-order valence-corrected chi connectivity index (χ0v) is 12.5. The van der Waals surface area contributed by atoms with Crippen LogP contribution in [0.25, 0.3) is 0 Å². The van der Waals surface area contributed by atoms with Crippen molar-refractivity contribution < 1.29 is 28.2 Å². The Kier molecular flexibility index (Phi) is 8.35. The maximum absolute atomic E-state index is 12.1. The summed E-state index contributed by atoms with van der Waals surface area (Å²) in [6, 6.07) is -1.44. The third-order valence-electron chi connectivity index (χ3n) is 2.52. The summed E-state index contributed by atoms with van der Waals surface area (Å²) in [5.41, 5.74) is 0. The molecule has 20 heavy (non-hydrogen) atoms. The lowest BCUT2D eigenvalue weighted by Crippen LogP contribution is -2.48. The van der Waals surface area contributed by atoms with Crippen LogP contribution in [0.1, 0.15) is 39.5 Å². The fourth-order valence-corrected chi connectivity index (χ4v) is 3.18. The third-order valence-corrected chi connectivity index (χ3v) is 4.15. The molecule has 0 aromatic carbocycles. The highest BCUT2D eigenvalue weighted by Crippen LogP contribution is 2.06. The summed E-state index contributed by atoms with van der Waals surface area (Å²) in [7, 11) is -3.93. The van der Waals surface area contributed by atoms with Gasteiger partial charge >= 0.3 is 11.9 Å². The van der Waals surface area contributed by atoms with Crippen LogP contribution in [0, 0.1) is 0 Å². The topological polar surface area (TPSA) is 124 Å². The van der Waals surface area contributed by atoms with E-state index in [0.717, 1.165) is 0 Å². The van der Waals surface area contributed by atoms with Crippen molar-refractivity contribution in [3.8, 4) is 0 Å². The molecule has 0 aliphatic rings. The molecule has 0 rings (SSSR count). The number of aliphatic carboxylic acids is 2. The van der Waals surface area contributed by atoms with Gasteiger partial charge in [0.15, 0.2) is 0 Å². The molecular formula is C11H22N2O6S. The van der Waals surface area contributed by atoms with Gasteiger partial charge in [-0.05, 0) is 19.3 Å². The molecule has 0 heterocycles. The zero-order valence-electron chi connectivity index (χ0n) is 11.7. The molecule has 0 bridgehead atoms. The average Bonchev–Trinajstić information content (AvgIpc) is 2.33. The lowest BCUT2D eigenvalue weighted by Gasteiger charge is -2.23. The molecule has 3 N–H and O–H groups in total. The first-order valence-electron chi connectivity index (χ1n) is 6.46. The van der Waals surface area contributed by atoms with Gasteiger partial charge in [0, 0.05) is 19.5 Å². The van der Waals surface area contributed by atoms with Gasteiger partial charge < -0.3 is 10.2 Å². The predicted octanol–water partition coefficient (Wildman–Crippen LogP) is 0.261. The molecule has 0 amide bonds. The minimum Gasteiger partial charge on any atom is -0.481 e. The predicted molar refractivity (Wildman–Crippen MR) is 72.5 cm³/mol. The second-order valence-electron chi connectivity index (χ2n) is 4.35. The standard InChI is InChI=1S/C11H22N2O6S/c1-3-7-13(8-4-2)20(18,19)12-9(11(16)17)5-6-10(14)15/h9,12H,3-8H2,1-2H3,(H,14,15)(H,16,17)/t9-/m0/s1. The quantitative estimate of drug-likeness (QED) is 0.503. The number of carbonyl (C=O) groups is 2. The molecule has 0 radical (unpaired) electrons. The van der Waals surface area contributed by atoms with Gasteiger partial charge in [-0.3, -0.25) is 9.59 Å². The van der Waals surface area contributed by atoms with E-state index in [1.807, 2.05) is 13.8 Å². The van der Waals surface area contributed by atoms with Gasteiger partial charge in [-0.15, -0.1) is 0 Å². The van der Waals surface area contributed by atoms with Crippen LogP contribution < -0.4 is 4.72 Å². The highest BCUT2D eigenvalue weighted by Gasteiger charge is 2.28. The van der Waals surface area contributed by atoms with Gasteiger partial charge in [-0.2, -0.15) is 17.4 Å². The van der Waals surface area contributed by atoms with E-state index in [4.69, 9.17) is 10.2 Å². The summed E-state index contributed by atoms with van der Waals surface area (Å²) in [6.07, 6.45) is 0.499. The summed E-state index contributed by atoms with van der Waals surface area (Å²) < 4.78 is 27.4. The molecular weight excluding hydrogens is 288 g/mol. The van der Waals surface area contributed by atoms with Crippen LogP contribution in [-0.2, 0) is 19.8 Å². The Labute approximate surface area is 119 Å². The van der Waals surface area contributed by atoms with Crippen molar-refractivity contribution in [3.05, 3.63) is 0 Å². The number of carboxylic acid groups (broad SMARTS) is 2. The summed E-state index contributed by atoms with van der Waals surface area (Å²) in [4.78, 5) is 21.4. The van der Waals surface area contributed by atoms with Gasteiger partial charge in [0.05, 0.1) is 0 Å². The second-order valence-corrected chi connectivity index (χ2v) is 6.05. The molecule has 0 saturated heterocycles. The van der Waals surface area contributed by atoms with Crippen molar-refractivity contribution in [1.82, 2.24) is 9.03 Å². The van der Waals surface area contributed by atoms with Crippen LogP contribution in [0.5, 0.6) is 0 Å². The van der Waals surface area contributed by atoms with Gasteiger partial charge in [-0.1, -0.05) is 13.8 Å². The van der Waals surface area contributed by atoms with E-state index >= 15 is 0 Å². The van der Waals surface area contributed by atoms with Gasteiger partial charge in [0.2, 0.25) is 0 Å². The highest BCUT2D eigenvalue weighted by atomic mass is 32.2. The van der Waals surface area contributed by atoms with Crippen molar-refractivity contribution >= 4 is 22.1 Å². The molecule has 0 aromatic rings. The summed E-state index contributed by atoms with van der Waals surface area (Å²) >= 11 is 0. The smallest absolute Gasteiger partial charge is 0.321 e. The number of carboxylic acids is 2. The number of hydrogen-bond donors (Lipinski definition) is 3. The first-order valence-corrected chi connectivity index (χ1v) is 7.90. The van der Waals surface area contributed by atoms with Crippen LogP contribution in [0.2, 0.25) is 0 Å². The van der Waals surface area contributed by atoms with Crippen LogP contribution in [0.3, 0.4) is 0 Å². The Morgan fingerprint density at radius 1 is 1.15 bits per heavy atom. The molecule has 0 saturated carbocycles. The number of nitrogens with zero attached hydrogens (tertiary/aromatic N) is 1. The Morgan fingerprint density at radius 2 is 1.65 bits per heavy atom. The van der Waals surface area contributed by atoms with Gasteiger partial charge in [-0.25, -0.2) is 0 Å². The number of hydrogen-bond acceptors (Lipinski definition) is 4. The monoisotopic (exact) mass is 310 g/mol. The maximum Gasteiger partial charge on any atom is 0.321 e. The highest BCUT2D eigenvalue weighted by molar-refractivity contribution is 7.87. The average molecular weight is 310 g/mol. The summed E-state index contributed by atoms with van der Waals surface area (Å²) in [5, 5.41) is 17.5. The molecule has 9 heteroatoms. The molecule has 0 aliphatic heterocycles. The van der Waals surface area contributed by atoms with E-state index in [0.29, 0.717) is 12.8 Å². The Balaban J connectivity index is 4.88. The Hall–Kier alpha value is -1.19. The minimum atomic E-state index is -3.93. The van der Waals surface area contributed by atoms with E-state index in [1.54, 1.807) is 0 Å². The van der Waals surface area contributed by atoms with Crippen LogP contribution in [-0.4, -0.2) is 54.0 Å². The van der Waals surface area contributed by atoms with Crippen LogP contribution >= 0.6 is 0 Å². The second kappa shape index (κ2) is 8.88. The molecule has 0 spiro atoms. The molecule has 0 unspecified atom stereocenters. The normalized spacial score (nSPS) is 13.3. The lowest BCUT2D eigenvalue weighted by atomic mass is 10.2. The van der Waals surface area contributed by atoms with Crippen molar-refractivity contribution in [3.63, 3.8) is 0 Å². The van der Waals surface area contributed by atoms with Gasteiger partial charge in [0.25, 0.3) is 10.2 Å². The number of nitrogens with one attached hydrogen (secondary N) is 1. The summed E-state index contributed by atoms with van der Waals surface area (Å²) in [6.45, 7) is 4.21. The number of rotatable bonds is 11. The van der Waals surface area contributed by atoms with E-state index < -0.39 is 34.6 Å². The zero-order chi connectivity index (χ0) is 15.8. The van der Waals surface area contributed by atoms with Gasteiger partial charge in [0.1, 0.15) is 6.04 Å². The van der Waals surface area contributed by atoms with Crippen molar-refractivity contribution in [2.75, 3.05) is 13.1 Å². The molecule has 8 nitrogen and oxygen atoms in total. The van der Waals surface area contributed by atoms with E-state index in [9.17, 15) is 18.0 Å². The van der Waals surface area contributed by atoms with E-state index in [1.165, 1.54) is 4.31 Å². The first-order chi connectivity index (χ1) is 9.24. The lowest BCUT2D eigenvalue weighted by molar-refractivity contribution is -0.140. The molecule has 0 fully saturated rings. The third kappa shape index (κ3) is 6.83.